The fraction of sp³-hybridized carbons (Fsp3) is 0.650. The second-order valence-corrected chi connectivity index (χ2v) is 7.66. The molecule has 1 saturated heterocycles. The van der Waals surface area contributed by atoms with E-state index in [0.29, 0.717) is 12.5 Å². The van der Waals surface area contributed by atoms with Gasteiger partial charge in [-0.2, -0.15) is 0 Å². The van der Waals surface area contributed by atoms with Crippen LogP contribution < -0.4 is 15.4 Å². The highest BCUT2D eigenvalue weighted by Crippen LogP contribution is 2.44. The van der Waals surface area contributed by atoms with Crippen molar-refractivity contribution in [3.05, 3.63) is 29.8 Å². The molecule has 0 bridgehead atoms. The van der Waals surface area contributed by atoms with Gasteiger partial charge in [-0.25, -0.2) is 0 Å². The molecule has 1 saturated carbocycles. The van der Waals surface area contributed by atoms with Crippen LogP contribution >= 0.6 is 24.8 Å². The number of para-hydroxylation sites is 1. The predicted molar refractivity (Wildman–Crippen MR) is 114 cm³/mol. The molecule has 2 fully saturated rings. The van der Waals surface area contributed by atoms with Crippen molar-refractivity contribution >= 4 is 30.7 Å². The lowest BCUT2D eigenvalue weighted by Gasteiger charge is -2.38. The van der Waals surface area contributed by atoms with Gasteiger partial charge in [0.1, 0.15) is 5.75 Å². The molecular formula is C20H33Cl2N3O2. The first-order valence-electron chi connectivity index (χ1n) is 9.37. The largest absolute Gasteiger partial charge is 0.496 e. The SMILES string of the molecule is COc1ccccc1C(CNC(=O)[C@@]12CCCC[C@H]1CNC2)N(C)C.Cl.Cl. The van der Waals surface area contributed by atoms with Gasteiger partial charge in [0.15, 0.2) is 0 Å². The molecule has 0 radical (unpaired) electrons. The summed E-state index contributed by atoms with van der Waals surface area (Å²) in [5, 5.41) is 6.72. The quantitative estimate of drug-likeness (QED) is 0.746. The van der Waals surface area contributed by atoms with E-state index in [-0.39, 0.29) is 42.2 Å². The lowest BCUT2D eigenvalue weighted by molar-refractivity contribution is -0.134. The van der Waals surface area contributed by atoms with Gasteiger partial charge >= 0.3 is 0 Å². The van der Waals surface area contributed by atoms with Crippen molar-refractivity contribution in [2.75, 3.05) is 40.8 Å². The number of halogens is 2. The number of ether oxygens (including phenoxy) is 1. The standard InChI is InChI=1S/C20H31N3O2.2ClH/c1-23(2)17(16-9-4-5-10-18(16)25-3)13-22-19(24)20-11-7-6-8-15(20)12-21-14-20;;/h4-5,9-10,15,17,21H,6-8,11-14H2,1-3H3,(H,22,24);2*1H/t15-,17?,20+;;/m0../s1. The zero-order chi connectivity index (χ0) is 17.9. The van der Waals surface area contributed by atoms with Crippen LogP contribution in [0.3, 0.4) is 0 Å². The first-order chi connectivity index (χ1) is 12.1. The fourth-order valence-electron chi connectivity index (χ4n) is 4.57. The predicted octanol–water partition coefficient (Wildman–Crippen LogP) is 3.04. The fourth-order valence-corrected chi connectivity index (χ4v) is 4.57. The van der Waals surface area contributed by atoms with Gasteiger partial charge in [-0.15, -0.1) is 24.8 Å². The molecule has 1 aliphatic carbocycles. The maximum absolute atomic E-state index is 13.1. The van der Waals surface area contributed by atoms with Crippen molar-refractivity contribution in [1.82, 2.24) is 15.5 Å². The topological polar surface area (TPSA) is 53.6 Å². The van der Waals surface area contributed by atoms with Crippen LogP contribution in [0.2, 0.25) is 0 Å². The summed E-state index contributed by atoms with van der Waals surface area (Å²) in [4.78, 5) is 15.3. The summed E-state index contributed by atoms with van der Waals surface area (Å²) in [6.07, 6.45) is 4.60. The monoisotopic (exact) mass is 417 g/mol. The van der Waals surface area contributed by atoms with E-state index < -0.39 is 0 Å². The van der Waals surface area contributed by atoms with Gasteiger partial charge in [-0.3, -0.25) is 4.79 Å². The molecule has 3 atom stereocenters. The molecule has 7 heteroatoms. The Labute approximate surface area is 175 Å². The Balaban J connectivity index is 0.00000182. The Kier molecular flexibility index (Phi) is 9.35. The van der Waals surface area contributed by atoms with Crippen LogP contribution in [0.4, 0.5) is 0 Å². The maximum atomic E-state index is 13.1. The van der Waals surface area contributed by atoms with E-state index in [9.17, 15) is 4.79 Å². The van der Waals surface area contributed by atoms with Gasteiger partial charge in [-0.05, 0) is 45.5 Å². The summed E-state index contributed by atoms with van der Waals surface area (Å²) in [6.45, 7) is 2.41. The normalized spacial score (nSPS) is 25.0. The minimum atomic E-state index is -0.199. The molecule has 1 aromatic rings. The Morgan fingerprint density at radius 2 is 2.07 bits per heavy atom. The number of rotatable bonds is 6. The summed E-state index contributed by atoms with van der Waals surface area (Å²) in [7, 11) is 5.78. The lowest BCUT2D eigenvalue weighted by Crippen LogP contribution is -2.49. The Morgan fingerprint density at radius 3 is 2.78 bits per heavy atom. The summed E-state index contributed by atoms with van der Waals surface area (Å²) >= 11 is 0. The summed E-state index contributed by atoms with van der Waals surface area (Å²) in [5.41, 5.74) is 0.910. The summed E-state index contributed by atoms with van der Waals surface area (Å²) < 4.78 is 5.52. The van der Waals surface area contributed by atoms with Crippen molar-refractivity contribution < 1.29 is 9.53 Å². The van der Waals surface area contributed by atoms with E-state index in [4.69, 9.17) is 4.74 Å². The summed E-state index contributed by atoms with van der Waals surface area (Å²) in [6, 6.07) is 8.14. The minimum Gasteiger partial charge on any atom is -0.496 e. The Bertz CT molecular complexity index is 615. The van der Waals surface area contributed by atoms with Crippen molar-refractivity contribution in [3.8, 4) is 5.75 Å². The Morgan fingerprint density at radius 1 is 1.33 bits per heavy atom. The molecule has 3 rings (SSSR count). The molecule has 154 valence electrons. The maximum Gasteiger partial charge on any atom is 0.227 e. The van der Waals surface area contributed by atoms with E-state index in [1.807, 2.05) is 32.3 Å². The molecule has 27 heavy (non-hydrogen) atoms. The highest BCUT2D eigenvalue weighted by molar-refractivity contribution is 5.85. The molecule has 1 unspecified atom stereocenters. The van der Waals surface area contributed by atoms with Crippen LogP contribution in [0.1, 0.15) is 37.3 Å². The molecule has 2 N–H and O–H groups in total. The van der Waals surface area contributed by atoms with Crippen molar-refractivity contribution in [2.24, 2.45) is 11.3 Å². The molecule has 1 aliphatic heterocycles. The van der Waals surface area contributed by atoms with Crippen LogP contribution in [0.5, 0.6) is 5.75 Å². The van der Waals surface area contributed by atoms with Crippen molar-refractivity contribution in [2.45, 2.75) is 31.7 Å². The number of nitrogens with zero attached hydrogens (tertiary/aromatic N) is 1. The van der Waals surface area contributed by atoms with Crippen LogP contribution in [0.25, 0.3) is 0 Å². The van der Waals surface area contributed by atoms with E-state index in [0.717, 1.165) is 37.2 Å². The zero-order valence-corrected chi connectivity index (χ0v) is 18.1. The number of hydrogen-bond acceptors (Lipinski definition) is 4. The molecule has 0 aromatic heterocycles. The highest BCUT2D eigenvalue weighted by Gasteiger charge is 2.49. The third-order valence-corrected chi connectivity index (χ3v) is 6.07. The molecule has 1 aromatic carbocycles. The van der Waals surface area contributed by atoms with E-state index in [1.165, 1.54) is 12.8 Å². The smallest absolute Gasteiger partial charge is 0.227 e. The van der Waals surface area contributed by atoms with Gasteiger partial charge < -0.3 is 20.3 Å². The third-order valence-electron chi connectivity index (χ3n) is 6.07. The lowest BCUT2D eigenvalue weighted by atomic mass is 9.67. The average molecular weight is 418 g/mol. The van der Waals surface area contributed by atoms with E-state index >= 15 is 0 Å². The first-order valence-corrected chi connectivity index (χ1v) is 9.37. The molecule has 1 heterocycles. The molecular weight excluding hydrogens is 385 g/mol. The molecule has 0 spiro atoms. The Hall–Kier alpha value is -1.01. The van der Waals surface area contributed by atoms with Gasteiger partial charge in [-0.1, -0.05) is 31.0 Å². The first kappa shape index (κ1) is 24.0. The third kappa shape index (κ3) is 4.89. The summed E-state index contributed by atoms with van der Waals surface area (Å²) in [5.74, 6) is 1.58. The number of fused-ring (bicyclic) bond motifs is 1. The number of hydrogen-bond donors (Lipinski definition) is 2. The van der Waals surface area contributed by atoms with E-state index in [1.54, 1.807) is 7.11 Å². The number of nitrogens with one attached hydrogen (secondary N) is 2. The van der Waals surface area contributed by atoms with Crippen LogP contribution in [-0.2, 0) is 4.79 Å². The van der Waals surface area contributed by atoms with Gasteiger partial charge in [0.25, 0.3) is 0 Å². The average Bonchev–Trinajstić information content (AvgIpc) is 3.07. The van der Waals surface area contributed by atoms with Crippen molar-refractivity contribution in [3.63, 3.8) is 0 Å². The van der Waals surface area contributed by atoms with Gasteiger partial charge in [0, 0.05) is 18.7 Å². The number of benzene rings is 1. The van der Waals surface area contributed by atoms with Crippen molar-refractivity contribution in [1.29, 1.82) is 0 Å². The van der Waals surface area contributed by atoms with Crippen LogP contribution in [0, 0.1) is 11.3 Å². The number of likely N-dealkylation sites (N-methyl/N-ethyl adjacent to an activating group) is 1. The zero-order valence-electron chi connectivity index (χ0n) is 16.5. The molecule has 1 amide bonds. The molecule has 2 aliphatic rings. The van der Waals surface area contributed by atoms with Gasteiger partial charge in [0.2, 0.25) is 5.91 Å². The number of amides is 1. The van der Waals surface area contributed by atoms with Crippen LogP contribution in [-0.4, -0.2) is 51.6 Å². The second kappa shape index (κ2) is 10.5. The number of carbonyl (C=O) groups excluding carboxylic acids is 1. The number of methoxy groups -OCH3 is 1. The highest BCUT2D eigenvalue weighted by atomic mass is 35.5. The molecule has 5 nitrogen and oxygen atoms in total. The number of carbonyl (C=O) groups is 1. The van der Waals surface area contributed by atoms with E-state index in [2.05, 4.69) is 21.6 Å². The minimum absolute atomic E-state index is 0. The second-order valence-electron chi connectivity index (χ2n) is 7.66. The van der Waals surface area contributed by atoms with Gasteiger partial charge in [0.05, 0.1) is 18.6 Å². The van der Waals surface area contributed by atoms with Crippen LogP contribution in [0.15, 0.2) is 24.3 Å².